The fraction of sp³-hybridized carbons (Fsp3) is 0.200. The summed E-state index contributed by atoms with van der Waals surface area (Å²) in [6.45, 7) is 2.24. The van der Waals surface area contributed by atoms with Gasteiger partial charge in [0.05, 0.1) is 0 Å². The molecule has 0 fully saturated rings. The first kappa shape index (κ1) is 8.72. The van der Waals surface area contributed by atoms with Gasteiger partial charge >= 0.3 is 0 Å². The van der Waals surface area contributed by atoms with Gasteiger partial charge in [0.2, 0.25) is 0 Å². The second kappa shape index (κ2) is 3.23. The molecule has 15 heavy (non-hydrogen) atoms. The van der Waals surface area contributed by atoms with E-state index in [0.29, 0.717) is 0 Å². The van der Waals surface area contributed by atoms with Crippen LogP contribution in [0.25, 0.3) is 16.8 Å². The highest BCUT2D eigenvalue weighted by molar-refractivity contribution is 5.90. The minimum Gasteiger partial charge on any atom is -0.0655 e. The van der Waals surface area contributed by atoms with Crippen LogP contribution in [0.2, 0.25) is 0 Å². The number of hydrogen-bond donors (Lipinski definition) is 0. The molecule has 2 aromatic carbocycles. The van der Waals surface area contributed by atoms with Crippen molar-refractivity contribution in [2.24, 2.45) is 0 Å². The molecule has 3 rings (SSSR count). The average molecular weight is 194 g/mol. The Balaban J connectivity index is 2.25. The highest BCUT2D eigenvalue weighted by Crippen LogP contribution is 2.32. The molecule has 1 aliphatic carbocycles. The maximum absolute atomic E-state index is 2.35. The van der Waals surface area contributed by atoms with Gasteiger partial charge in [-0.05, 0) is 34.7 Å². The van der Waals surface area contributed by atoms with Crippen molar-refractivity contribution in [3.05, 3.63) is 53.1 Å². The van der Waals surface area contributed by atoms with Crippen molar-refractivity contribution < 1.29 is 0 Å². The Hall–Kier alpha value is -1.56. The van der Waals surface area contributed by atoms with Crippen LogP contribution in [0.4, 0.5) is 0 Å². The lowest BCUT2D eigenvalue weighted by molar-refractivity contribution is 1.04. The monoisotopic (exact) mass is 194 g/mol. The summed E-state index contributed by atoms with van der Waals surface area (Å²) in [5, 5.41) is 2.79. The van der Waals surface area contributed by atoms with Crippen molar-refractivity contribution in [3.63, 3.8) is 0 Å². The molecule has 0 unspecified atom stereocenters. The van der Waals surface area contributed by atoms with Gasteiger partial charge in [-0.3, -0.25) is 0 Å². The van der Waals surface area contributed by atoms with E-state index in [4.69, 9.17) is 0 Å². The first-order chi connectivity index (χ1) is 7.38. The van der Waals surface area contributed by atoms with Gasteiger partial charge in [0, 0.05) is 0 Å². The number of hydrogen-bond acceptors (Lipinski definition) is 0. The molecule has 0 saturated carbocycles. The molecule has 0 aliphatic heterocycles. The normalized spacial score (nSPS) is 14.1. The third-order valence-electron chi connectivity index (χ3n) is 3.29. The molecule has 0 aromatic heterocycles. The predicted octanol–water partition coefficient (Wildman–Crippen LogP) is 4.19. The first-order valence-electron chi connectivity index (χ1n) is 5.58. The second-order valence-corrected chi connectivity index (χ2v) is 4.19. The molecule has 0 atom stereocenters. The molecule has 2 aromatic rings. The minimum absolute atomic E-state index is 1.15. The maximum Gasteiger partial charge on any atom is -0.00518 e. The van der Waals surface area contributed by atoms with E-state index in [9.17, 15) is 0 Å². The quantitative estimate of drug-likeness (QED) is 0.638. The summed E-state index contributed by atoms with van der Waals surface area (Å²) in [6, 6.07) is 13.1. The molecule has 0 saturated heterocycles. The number of rotatable bonds is 1. The zero-order valence-corrected chi connectivity index (χ0v) is 8.96. The Bertz CT molecular complexity index is 547. The van der Waals surface area contributed by atoms with Crippen molar-refractivity contribution in [2.75, 3.05) is 0 Å². The third kappa shape index (κ3) is 1.29. The Morgan fingerprint density at radius 3 is 2.80 bits per heavy atom. The molecule has 0 bridgehead atoms. The van der Waals surface area contributed by atoms with Gasteiger partial charge in [-0.25, -0.2) is 0 Å². The lowest BCUT2D eigenvalue weighted by Gasteiger charge is -2.04. The standard InChI is InChI=1S/C15H14/c1-2-11-9-13-8-7-12-5-3-4-6-14(12)15(13)10-11/h3-9H,2,10H2,1H3. The fourth-order valence-corrected chi connectivity index (χ4v) is 2.41. The van der Waals surface area contributed by atoms with Gasteiger partial charge in [0.1, 0.15) is 0 Å². The van der Waals surface area contributed by atoms with Crippen molar-refractivity contribution >= 4 is 16.8 Å². The summed E-state index contributed by atoms with van der Waals surface area (Å²) >= 11 is 0. The number of fused-ring (bicyclic) bond motifs is 3. The Labute approximate surface area is 90.2 Å². The SMILES string of the molecule is CCC1=Cc2ccc3ccccc3c2C1. The molecule has 0 heteroatoms. The van der Waals surface area contributed by atoms with Gasteiger partial charge in [-0.1, -0.05) is 55.0 Å². The summed E-state index contributed by atoms with van der Waals surface area (Å²) in [6.07, 6.45) is 4.66. The lowest BCUT2D eigenvalue weighted by Crippen LogP contribution is -1.86. The molecule has 0 N–H and O–H groups in total. The summed E-state index contributed by atoms with van der Waals surface area (Å²) in [5.41, 5.74) is 4.50. The van der Waals surface area contributed by atoms with Crippen LogP contribution in [-0.2, 0) is 6.42 Å². The van der Waals surface area contributed by atoms with Gasteiger partial charge in [-0.15, -0.1) is 0 Å². The van der Waals surface area contributed by atoms with Crippen LogP contribution >= 0.6 is 0 Å². The van der Waals surface area contributed by atoms with Crippen LogP contribution in [0.5, 0.6) is 0 Å². The van der Waals surface area contributed by atoms with E-state index in [-0.39, 0.29) is 0 Å². The second-order valence-electron chi connectivity index (χ2n) is 4.19. The molecular weight excluding hydrogens is 180 g/mol. The Morgan fingerprint density at radius 1 is 1.07 bits per heavy atom. The van der Waals surface area contributed by atoms with E-state index in [1.807, 2.05) is 0 Å². The van der Waals surface area contributed by atoms with E-state index >= 15 is 0 Å². The number of allylic oxidation sites excluding steroid dienone is 1. The van der Waals surface area contributed by atoms with E-state index in [0.717, 1.165) is 6.42 Å². The van der Waals surface area contributed by atoms with E-state index < -0.39 is 0 Å². The van der Waals surface area contributed by atoms with E-state index in [2.05, 4.69) is 49.4 Å². The van der Waals surface area contributed by atoms with Crippen molar-refractivity contribution in [2.45, 2.75) is 19.8 Å². The smallest absolute Gasteiger partial charge is 0.00518 e. The Morgan fingerprint density at radius 2 is 1.93 bits per heavy atom. The Kier molecular flexibility index (Phi) is 1.88. The van der Waals surface area contributed by atoms with Crippen molar-refractivity contribution in [1.29, 1.82) is 0 Å². The summed E-state index contributed by atoms with van der Waals surface area (Å²) < 4.78 is 0. The highest BCUT2D eigenvalue weighted by Gasteiger charge is 2.13. The van der Waals surface area contributed by atoms with Gasteiger partial charge in [-0.2, -0.15) is 0 Å². The largest absolute Gasteiger partial charge is 0.0655 e. The van der Waals surface area contributed by atoms with Crippen molar-refractivity contribution in [1.82, 2.24) is 0 Å². The molecule has 74 valence electrons. The predicted molar refractivity (Wildman–Crippen MR) is 65.9 cm³/mol. The summed E-state index contributed by atoms with van der Waals surface area (Å²) in [4.78, 5) is 0. The van der Waals surface area contributed by atoms with Crippen LogP contribution in [-0.4, -0.2) is 0 Å². The van der Waals surface area contributed by atoms with E-state index in [1.54, 1.807) is 5.57 Å². The topological polar surface area (TPSA) is 0 Å². The third-order valence-corrected chi connectivity index (χ3v) is 3.29. The molecule has 0 heterocycles. The molecule has 1 aliphatic rings. The van der Waals surface area contributed by atoms with Gasteiger partial charge in [0.25, 0.3) is 0 Å². The zero-order chi connectivity index (χ0) is 10.3. The van der Waals surface area contributed by atoms with Crippen LogP contribution in [0.3, 0.4) is 0 Å². The molecule has 0 nitrogen and oxygen atoms in total. The van der Waals surface area contributed by atoms with Crippen LogP contribution in [0.15, 0.2) is 42.0 Å². The number of benzene rings is 2. The van der Waals surface area contributed by atoms with Crippen molar-refractivity contribution in [3.8, 4) is 0 Å². The van der Waals surface area contributed by atoms with Crippen LogP contribution in [0, 0.1) is 0 Å². The van der Waals surface area contributed by atoms with Crippen LogP contribution < -0.4 is 0 Å². The van der Waals surface area contributed by atoms with Crippen LogP contribution in [0.1, 0.15) is 24.5 Å². The zero-order valence-electron chi connectivity index (χ0n) is 8.96. The molecule has 0 spiro atoms. The average Bonchev–Trinajstić information content (AvgIpc) is 2.72. The minimum atomic E-state index is 1.15. The van der Waals surface area contributed by atoms with Gasteiger partial charge < -0.3 is 0 Å². The summed E-state index contributed by atoms with van der Waals surface area (Å²) in [7, 11) is 0. The van der Waals surface area contributed by atoms with Gasteiger partial charge in [0.15, 0.2) is 0 Å². The molecule has 0 amide bonds. The fourth-order valence-electron chi connectivity index (χ4n) is 2.41. The highest BCUT2D eigenvalue weighted by atomic mass is 14.2. The molecule has 0 radical (unpaired) electrons. The molecular formula is C15H14. The maximum atomic E-state index is 2.35. The summed E-state index contributed by atoms with van der Waals surface area (Å²) in [5.74, 6) is 0. The lowest BCUT2D eigenvalue weighted by atomic mass is 10.00. The first-order valence-corrected chi connectivity index (χ1v) is 5.58. The van der Waals surface area contributed by atoms with E-state index in [1.165, 1.54) is 28.3 Å².